The number of fused-ring (bicyclic) bond motifs is 1. The number of carbonyl (C=O) groups excluding carboxylic acids is 3. The zero-order valence-electron chi connectivity index (χ0n) is 14.9. The molecule has 7 nitrogen and oxygen atoms in total. The van der Waals surface area contributed by atoms with Gasteiger partial charge in [0.2, 0.25) is 5.91 Å². The highest BCUT2D eigenvalue weighted by molar-refractivity contribution is 8.00. The molecule has 0 fully saturated rings. The summed E-state index contributed by atoms with van der Waals surface area (Å²) in [6.45, 7) is 3.58. The minimum atomic E-state index is -0.483. The van der Waals surface area contributed by atoms with Crippen molar-refractivity contribution in [1.82, 2.24) is 10.9 Å². The van der Waals surface area contributed by atoms with Crippen LogP contribution in [0.15, 0.2) is 41.3 Å². The molecule has 1 aliphatic heterocycles. The quantitative estimate of drug-likeness (QED) is 0.701. The SMILES string of the molecule is Cc1cccc(C)c1OCC(=O)NNC(=O)c1ccc2c(c1)NC(=O)CS2. The van der Waals surface area contributed by atoms with Crippen molar-refractivity contribution in [3.63, 3.8) is 0 Å². The van der Waals surface area contributed by atoms with Crippen LogP contribution in [0, 0.1) is 13.8 Å². The van der Waals surface area contributed by atoms with Crippen LogP contribution in [-0.2, 0) is 9.59 Å². The number of para-hydroxylation sites is 1. The van der Waals surface area contributed by atoms with Crippen LogP contribution in [0.1, 0.15) is 21.5 Å². The maximum atomic E-state index is 12.2. The largest absolute Gasteiger partial charge is 0.483 e. The zero-order chi connectivity index (χ0) is 19.4. The molecular formula is C19H19N3O4S. The molecule has 140 valence electrons. The molecule has 3 rings (SSSR count). The van der Waals surface area contributed by atoms with E-state index in [1.807, 2.05) is 32.0 Å². The molecule has 27 heavy (non-hydrogen) atoms. The molecule has 0 saturated carbocycles. The van der Waals surface area contributed by atoms with Crippen LogP contribution in [0.2, 0.25) is 0 Å². The molecule has 1 aliphatic rings. The Morgan fingerprint density at radius 3 is 2.63 bits per heavy atom. The molecule has 0 aromatic heterocycles. The average molecular weight is 385 g/mol. The number of amides is 3. The first-order valence-electron chi connectivity index (χ1n) is 8.29. The summed E-state index contributed by atoms with van der Waals surface area (Å²) in [7, 11) is 0. The third kappa shape index (κ3) is 4.59. The summed E-state index contributed by atoms with van der Waals surface area (Å²) in [6, 6.07) is 10.7. The molecule has 0 aliphatic carbocycles. The number of hydrogen-bond acceptors (Lipinski definition) is 5. The summed E-state index contributed by atoms with van der Waals surface area (Å²) < 4.78 is 5.54. The minimum Gasteiger partial charge on any atom is -0.483 e. The van der Waals surface area contributed by atoms with Crippen molar-refractivity contribution in [2.24, 2.45) is 0 Å². The highest BCUT2D eigenvalue weighted by Gasteiger charge is 2.17. The van der Waals surface area contributed by atoms with Crippen molar-refractivity contribution in [2.75, 3.05) is 17.7 Å². The summed E-state index contributed by atoms with van der Waals surface area (Å²) in [4.78, 5) is 36.5. The number of thioether (sulfide) groups is 1. The monoisotopic (exact) mass is 385 g/mol. The van der Waals surface area contributed by atoms with Crippen LogP contribution in [0.25, 0.3) is 0 Å². The van der Waals surface area contributed by atoms with E-state index in [0.29, 0.717) is 22.8 Å². The number of hydrazine groups is 1. The lowest BCUT2D eigenvalue weighted by Crippen LogP contribution is -2.43. The second-order valence-electron chi connectivity index (χ2n) is 6.06. The van der Waals surface area contributed by atoms with Crippen molar-refractivity contribution in [3.05, 3.63) is 53.1 Å². The molecule has 0 saturated heterocycles. The molecule has 3 amide bonds. The second-order valence-corrected chi connectivity index (χ2v) is 7.08. The van der Waals surface area contributed by atoms with Crippen LogP contribution < -0.4 is 20.9 Å². The van der Waals surface area contributed by atoms with E-state index >= 15 is 0 Å². The summed E-state index contributed by atoms with van der Waals surface area (Å²) in [5, 5.41) is 2.72. The summed E-state index contributed by atoms with van der Waals surface area (Å²) in [5.41, 5.74) is 7.45. The van der Waals surface area contributed by atoms with Crippen LogP contribution in [-0.4, -0.2) is 30.1 Å². The van der Waals surface area contributed by atoms with Crippen molar-refractivity contribution >= 4 is 35.2 Å². The van der Waals surface area contributed by atoms with E-state index in [1.54, 1.807) is 18.2 Å². The molecular weight excluding hydrogens is 366 g/mol. The van der Waals surface area contributed by atoms with Crippen molar-refractivity contribution < 1.29 is 19.1 Å². The van der Waals surface area contributed by atoms with E-state index in [1.165, 1.54) is 11.8 Å². The Labute approximate surface area is 160 Å². The van der Waals surface area contributed by atoms with Gasteiger partial charge < -0.3 is 10.1 Å². The van der Waals surface area contributed by atoms with Crippen LogP contribution in [0.5, 0.6) is 5.75 Å². The van der Waals surface area contributed by atoms with Crippen molar-refractivity contribution in [1.29, 1.82) is 0 Å². The predicted octanol–water partition coefficient (Wildman–Crippen LogP) is 2.19. The van der Waals surface area contributed by atoms with E-state index in [9.17, 15) is 14.4 Å². The van der Waals surface area contributed by atoms with Crippen LogP contribution in [0.3, 0.4) is 0 Å². The first kappa shape index (κ1) is 18.8. The molecule has 1 heterocycles. The molecule has 8 heteroatoms. The van der Waals surface area contributed by atoms with E-state index in [4.69, 9.17) is 4.74 Å². The lowest BCUT2D eigenvalue weighted by molar-refractivity contribution is -0.123. The molecule has 0 bridgehead atoms. The number of aryl methyl sites for hydroxylation is 2. The fourth-order valence-electron chi connectivity index (χ4n) is 2.62. The molecule has 2 aromatic carbocycles. The topological polar surface area (TPSA) is 96.5 Å². The van der Waals surface area contributed by atoms with Gasteiger partial charge >= 0.3 is 0 Å². The van der Waals surface area contributed by atoms with Crippen molar-refractivity contribution in [2.45, 2.75) is 18.7 Å². The lowest BCUT2D eigenvalue weighted by atomic mass is 10.1. The van der Waals surface area contributed by atoms with E-state index in [0.717, 1.165) is 16.0 Å². The van der Waals surface area contributed by atoms with Gasteiger partial charge in [0, 0.05) is 10.5 Å². The fourth-order valence-corrected chi connectivity index (χ4v) is 3.41. The van der Waals surface area contributed by atoms with Gasteiger partial charge in [-0.15, -0.1) is 11.8 Å². The number of nitrogens with one attached hydrogen (secondary N) is 3. The minimum absolute atomic E-state index is 0.109. The zero-order valence-corrected chi connectivity index (χ0v) is 15.7. The summed E-state index contributed by atoms with van der Waals surface area (Å²) in [6.07, 6.45) is 0. The molecule has 2 aromatic rings. The Kier molecular flexibility index (Phi) is 5.66. The van der Waals surface area contributed by atoms with Gasteiger partial charge in [0.1, 0.15) is 5.75 Å². The summed E-state index contributed by atoms with van der Waals surface area (Å²) >= 11 is 1.41. The number of anilines is 1. The van der Waals surface area contributed by atoms with E-state index in [2.05, 4.69) is 16.2 Å². The smallest absolute Gasteiger partial charge is 0.276 e. The Hall–Kier alpha value is -3.00. The molecule has 0 radical (unpaired) electrons. The highest BCUT2D eigenvalue weighted by Crippen LogP contribution is 2.31. The first-order valence-corrected chi connectivity index (χ1v) is 9.27. The average Bonchev–Trinajstić information content (AvgIpc) is 2.65. The van der Waals surface area contributed by atoms with Crippen LogP contribution >= 0.6 is 11.8 Å². The number of benzene rings is 2. The van der Waals surface area contributed by atoms with Gasteiger partial charge in [0.25, 0.3) is 11.8 Å². The number of hydrogen-bond donors (Lipinski definition) is 3. The van der Waals surface area contributed by atoms with Crippen LogP contribution in [0.4, 0.5) is 5.69 Å². The third-order valence-electron chi connectivity index (χ3n) is 3.95. The number of ether oxygens (including phenoxy) is 1. The standard InChI is InChI=1S/C19H19N3O4S/c1-11-4-3-5-12(2)18(11)26-9-16(23)21-22-19(25)13-6-7-15-14(8-13)20-17(24)10-27-15/h3-8H,9-10H2,1-2H3,(H,20,24)(H,21,23)(H,22,25). The Bertz CT molecular complexity index is 894. The van der Waals surface area contributed by atoms with Gasteiger partial charge in [0.05, 0.1) is 11.4 Å². The van der Waals surface area contributed by atoms with Gasteiger partial charge in [-0.25, -0.2) is 0 Å². The summed E-state index contributed by atoms with van der Waals surface area (Å²) in [5.74, 6) is -0.0608. The second kappa shape index (κ2) is 8.13. The Balaban J connectivity index is 1.54. The van der Waals surface area contributed by atoms with Gasteiger partial charge in [-0.05, 0) is 43.2 Å². The Morgan fingerprint density at radius 1 is 1.15 bits per heavy atom. The predicted molar refractivity (Wildman–Crippen MR) is 103 cm³/mol. The van der Waals surface area contributed by atoms with Crippen molar-refractivity contribution in [3.8, 4) is 5.75 Å². The first-order chi connectivity index (χ1) is 12.9. The molecule has 0 spiro atoms. The molecule has 0 unspecified atom stereocenters. The Morgan fingerprint density at radius 2 is 1.89 bits per heavy atom. The van der Waals surface area contributed by atoms with E-state index < -0.39 is 11.8 Å². The molecule has 3 N–H and O–H groups in total. The number of carbonyl (C=O) groups is 3. The van der Waals surface area contributed by atoms with Gasteiger partial charge in [-0.2, -0.15) is 0 Å². The van der Waals surface area contributed by atoms with Gasteiger partial charge in [-0.1, -0.05) is 18.2 Å². The normalized spacial score (nSPS) is 12.6. The van der Waals surface area contributed by atoms with Gasteiger partial charge in [-0.3, -0.25) is 25.2 Å². The number of rotatable bonds is 4. The van der Waals surface area contributed by atoms with Gasteiger partial charge in [0.15, 0.2) is 6.61 Å². The molecule has 0 atom stereocenters. The fraction of sp³-hybridized carbons (Fsp3) is 0.211. The van der Waals surface area contributed by atoms with E-state index in [-0.39, 0.29) is 12.5 Å². The third-order valence-corrected chi connectivity index (χ3v) is 5.02. The maximum Gasteiger partial charge on any atom is 0.276 e. The lowest BCUT2D eigenvalue weighted by Gasteiger charge is -2.17. The highest BCUT2D eigenvalue weighted by atomic mass is 32.2. The maximum absolute atomic E-state index is 12.2.